The average molecular weight is 280 g/mol. The first-order chi connectivity index (χ1) is 9.36. The minimum absolute atomic E-state index is 0.518. The summed E-state index contributed by atoms with van der Waals surface area (Å²) < 4.78 is 0. The number of hydrogen-bond acceptors (Lipinski definition) is 1. The van der Waals surface area contributed by atoms with Crippen LogP contribution < -0.4 is 5.32 Å². The van der Waals surface area contributed by atoms with Gasteiger partial charge in [-0.1, -0.05) is 60.3 Å². The molecule has 0 aromatic carbocycles. The number of rotatable bonds is 8. The van der Waals surface area contributed by atoms with Gasteiger partial charge in [0, 0.05) is 6.04 Å². The normalized spacial score (nSPS) is 35.1. The molecule has 0 radical (unpaired) electrons. The molecule has 2 fully saturated rings. The lowest BCUT2D eigenvalue weighted by atomic mass is 9.68. The molecular weight excluding hydrogens is 242 g/mol. The van der Waals surface area contributed by atoms with E-state index in [0.29, 0.717) is 10.8 Å². The first-order valence-corrected chi connectivity index (χ1v) is 9.09. The highest BCUT2D eigenvalue weighted by molar-refractivity contribution is 5.11. The smallest absolute Gasteiger partial charge is 0.0175 e. The standard InChI is InChI=1S/C19H37N/c1-15(2)10-8-6-7-9-13-20-17-18(3,4)16-11-12-19(17,5)14-16/h15-17,20H,6-14H2,1-5H3/t16-,17?,19+/m0/s1. The summed E-state index contributed by atoms with van der Waals surface area (Å²) in [5.41, 5.74) is 1.11. The molecule has 1 N–H and O–H groups in total. The minimum atomic E-state index is 0.518. The number of hydrogen-bond donors (Lipinski definition) is 1. The Labute approximate surface area is 127 Å². The number of fused-ring (bicyclic) bond motifs is 2. The molecule has 3 atom stereocenters. The topological polar surface area (TPSA) is 12.0 Å². The Morgan fingerprint density at radius 3 is 2.35 bits per heavy atom. The molecule has 0 heterocycles. The quantitative estimate of drug-likeness (QED) is 0.587. The van der Waals surface area contributed by atoms with E-state index in [2.05, 4.69) is 39.9 Å². The molecule has 2 aliphatic carbocycles. The molecule has 0 spiro atoms. The lowest BCUT2D eigenvalue weighted by molar-refractivity contribution is 0.109. The van der Waals surface area contributed by atoms with Crippen molar-refractivity contribution in [2.45, 2.75) is 92.0 Å². The van der Waals surface area contributed by atoms with E-state index in [1.165, 1.54) is 57.9 Å². The van der Waals surface area contributed by atoms with E-state index in [0.717, 1.165) is 17.9 Å². The van der Waals surface area contributed by atoms with Crippen molar-refractivity contribution in [1.82, 2.24) is 5.32 Å². The maximum absolute atomic E-state index is 3.94. The Morgan fingerprint density at radius 1 is 1.05 bits per heavy atom. The van der Waals surface area contributed by atoms with Gasteiger partial charge >= 0.3 is 0 Å². The highest BCUT2D eigenvalue weighted by atomic mass is 15.0. The average Bonchev–Trinajstić information content (AvgIpc) is 2.82. The van der Waals surface area contributed by atoms with Crippen molar-refractivity contribution in [3.05, 3.63) is 0 Å². The molecule has 0 amide bonds. The summed E-state index contributed by atoms with van der Waals surface area (Å²) in [6.45, 7) is 13.4. The van der Waals surface area contributed by atoms with Crippen LogP contribution >= 0.6 is 0 Å². The summed E-state index contributed by atoms with van der Waals surface area (Å²) in [4.78, 5) is 0. The zero-order chi connectivity index (χ0) is 14.8. The van der Waals surface area contributed by atoms with Crippen molar-refractivity contribution >= 4 is 0 Å². The third-order valence-electron chi connectivity index (χ3n) is 6.33. The Hall–Kier alpha value is -0.0400. The maximum Gasteiger partial charge on any atom is 0.0175 e. The predicted molar refractivity (Wildman–Crippen MR) is 88.9 cm³/mol. The first kappa shape index (κ1) is 16.3. The summed E-state index contributed by atoms with van der Waals surface area (Å²) in [5.74, 6) is 1.85. The Kier molecular flexibility index (Phi) is 5.21. The predicted octanol–water partition coefficient (Wildman–Crippen LogP) is 5.40. The van der Waals surface area contributed by atoms with E-state index in [1.54, 1.807) is 0 Å². The third kappa shape index (κ3) is 3.40. The lowest BCUT2D eigenvalue weighted by Crippen LogP contribution is -2.50. The lowest BCUT2D eigenvalue weighted by Gasteiger charge is -2.43. The fourth-order valence-electron chi connectivity index (χ4n) is 5.09. The first-order valence-electron chi connectivity index (χ1n) is 9.09. The Balaban J connectivity index is 1.64. The van der Waals surface area contributed by atoms with Crippen LogP contribution in [0.4, 0.5) is 0 Å². The van der Waals surface area contributed by atoms with Gasteiger partial charge < -0.3 is 5.32 Å². The van der Waals surface area contributed by atoms with Gasteiger partial charge in [-0.05, 0) is 54.9 Å². The maximum atomic E-state index is 3.94. The van der Waals surface area contributed by atoms with Gasteiger partial charge in [0.25, 0.3) is 0 Å². The molecule has 20 heavy (non-hydrogen) atoms. The van der Waals surface area contributed by atoms with Crippen LogP contribution in [0.25, 0.3) is 0 Å². The summed E-state index contributed by atoms with van der Waals surface area (Å²) in [6, 6.07) is 0.754. The molecule has 2 rings (SSSR count). The highest BCUT2D eigenvalue weighted by Crippen LogP contribution is 2.62. The zero-order valence-corrected chi connectivity index (χ0v) is 14.6. The fourth-order valence-corrected chi connectivity index (χ4v) is 5.09. The van der Waals surface area contributed by atoms with Crippen molar-refractivity contribution in [2.24, 2.45) is 22.7 Å². The summed E-state index contributed by atoms with van der Waals surface area (Å²) in [6.07, 6.45) is 11.4. The highest BCUT2D eigenvalue weighted by Gasteiger charge is 2.58. The van der Waals surface area contributed by atoms with E-state index in [-0.39, 0.29) is 0 Å². The molecule has 1 heteroatoms. The van der Waals surface area contributed by atoms with Gasteiger partial charge in [0.2, 0.25) is 0 Å². The van der Waals surface area contributed by atoms with Crippen LogP contribution in [-0.4, -0.2) is 12.6 Å². The second-order valence-electron chi connectivity index (χ2n) is 8.90. The molecule has 0 aromatic heterocycles. The zero-order valence-electron chi connectivity index (χ0n) is 14.6. The monoisotopic (exact) mass is 279 g/mol. The van der Waals surface area contributed by atoms with Crippen LogP contribution in [0, 0.1) is 22.7 Å². The van der Waals surface area contributed by atoms with Crippen LogP contribution in [0.3, 0.4) is 0 Å². The van der Waals surface area contributed by atoms with Crippen molar-refractivity contribution < 1.29 is 0 Å². The van der Waals surface area contributed by atoms with Gasteiger partial charge in [0.05, 0.1) is 0 Å². The van der Waals surface area contributed by atoms with E-state index in [4.69, 9.17) is 0 Å². The largest absolute Gasteiger partial charge is 0.313 e. The van der Waals surface area contributed by atoms with Gasteiger partial charge in [0.15, 0.2) is 0 Å². The molecule has 0 saturated heterocycles. The Bertz CT molecular complexity index is 302. The van der Waals surface area contributed by atoms with E-state index < -0.39 is 0 Å². The third-order valence-corrected chi connectivity index (χ3v) is 6.33. The van der Waals surface area contributed by atoms with Gasteiger partial charge in [-0.3, -0.25) is 0 Å². The summed E-state index contributed by atoms with van der Waals surface area (Å²) in [7, 11) is 0. The SMILES string of the molecule is CC(C)CCCCCCNC1C(C)(C)[C@H]2CC[C@]1(C)C2. The van der Waals surface area contributed by atoms with Crippen molar-refractivity contribution in [3.8, 4) is 0 Å². The molecular formula is C19H37N. The second kappa shape index (κ2) is 6.38. The van der Waals surface area contributed by atoms with Gasteiger partial charge in [-0.2, -0.15) is 0 Å². The van der Waals surface area contributed by atoms with Crippen molar-refractivity contribution in [3.63, 3.8) is 0 Å². The van der Waals surface area contributed by atoms with E-state index in [9.17, 15) is 0 Å². The van der Waals surface area contributed by atoms with Crippen LogP contribution in [0.15, 0.2) is 0 Å². The van der Waals surface area contributed by atoms with Gasteiger partial charge in [-0.25, -0.2) is 0 Å². The molecule has 2 bridgehead atoms. The van der Waals surface area contributed by atoms with E-state index in [1.807, 2.05) is 0 Å². The molecule has 1 unspecified atom stereocenters. The molecule has 118 valence electrons. The molecule has 2 saturated carbocycles. The van der Waals surface area contributed by atoms with E-state index >= 15 is 0 Å². The molecule has 0 aliphatic heterocycles. The van der Waals surface area contributed by atoms with Crippen LogP contribution in [0.1, 0.15) is 86.0 Å². The summed E-state index contributed by atoms with van der Waals surface area (Å²) >= 11 is 0. The van der Waals surface area contributed by atoms with Crippen LogP contribution in [0.2, 0.25) is 0 Å². The van der Waals surface area contributed by atoms with Gasteiger partial charge in [-0.15, -0.1) is 0 Å². The van der Waals surface area contributed by atoms with Gasteiger partial charge in [0.1, 0.15) is 0 Å². The number of unbranched alkanes of at least 4 members (excludes halogenated alkanes) is 3. The molecule has 2 aliphatic rings. The van der Waals surface area contributed by atoms with Crippen LogP contribution in [0.5, 0.6) is 0 Å². The molecule has 0 aromatic rings. The molecule has 1 nitrogen and oxygen atoms in total. The Morgan fingerprint density at radius 2 is 1.75 bits per heavy atom. The van der Waals surface area contributed by atoms with Crippen molar-refractivity contribution in [1.29, 1.82) is 0 Å². The number of nitrogens with one attached hydrogen (secondary N) is 1. The minimum Gasteiger partial charge on any atom is -0.313 e. The fraction of sp³-hybridized carbons (Fsp3) is 1.00. The second-order valence-corrected chi connectivity index (χ2v) is 8.90. The van der Waals surface area contributed by atoms with Crippen molar-refractivity contribution in [2.75, 3.05) is 6.54 Å². The summed E-state index contributed by atoms with van der Waals surface area (Å²) in [5, 5.41) is 3.94. The van der Waals surface area contributed by atoms with Crippen LogP contribution in [-0.2, 0) is 0 Å².